The summed E-state index contributed by atoms with van der Waals surface area (Å²) in [5, 5.41) is 7.09. The van der Waals surface area contributed by atoms with E-state index in [-0.39, 0.29) is 11.9 Å². The van der Waals surface area contributed by atoms with Crippen LogP contribution in [0.15, 0.2) is 47.5 Å². The van der Waals surface area contributed by atoms with Gasteiger partial charge in [-0.15, -0.1) is 0 Å². The minimum absolute atomic E-state index is 0.0591. The molecule has 0 saturated carbocycles. The van der Waals surface area contributed by atoms with Crippen molar-refractivity contribution in [2.24, 2.45) is 10.9 Å². The van der Waals surface area contributed by atoms with Gasteiger partial charge in [-0.25, -0.2) is 4.99 Å². The summed E-state index contributed by atoms with van der Waals surface area (Å²) in [5.74, 6) is 2.81. The number of hydrogen-bond donors (Lipinski definition) is 2. The fourth-order valence-corrected chi connectivity index (χ4v) is 3.87. The van der Waals surface area contributed by atoms with Gasteiger partial charge in [-0.1, -0.05) is 37.6 Å². The first kappa shape index (κ1) is 20.7. The van der Waals surface area contributed by atoms with Crippen LogP contribution in [0.3, 0.4) is 0 Å². The Labute approximate surface area is 182 Å². The predicted molar refractivity (Wildman–Crippen MR) is 120 cm³/mol. The molecule has 0 aromatic heterocycles. The Bertz CT molecular complexity index is 960. The van der Waals surface area contributed by atoms with E-state index >= 15 is 0 Å². The normalized spacial score (nSPS) is 18.1. The summed E-state index contributed by atoms with van der Waals surface area (Å²) in [6.45, 7) is 7.16. The van der Waals surface area contributed by atoms with Crippen molar-refractivity contribution < 1.29 is 9.53 Å². The summed E-state index contributed by atoms with van der Waals surface area (Å²) in [4.78, 5) is 19.5. The van der Waals surface area contributed by atoms with Crippen molar-refractivity contribution in [3.8, 4) is 11.5 Å². The molecule has 0 spiro atoms. The summed E-state index contributed by atoms with van der Waals surface area (Å²) in [5.41, 5.74) is 1.65. The maximum atomic E-state index is 12.3. The predicted octanol–water partition coefficient (Wildman–Crippen LogP) is 3.96. The van der Waals surface area contributed by atoms with Crippen LogP contribution in [0, 0.1) is 5.92 Å². The number of halogens is 1. The molecular weight excluding hydrogens is 400 g/mol. The number of fused-ring (bicyclic) bond motifs is 2. The van der Waals surface area contributed by atoms with Crippen LogP contribution in [0.1, 0.15) is 25.8 Å². The first-order chi connectivity index (χ1) is 14.5. The second-order valence-corrected chi connectivity index (χ2v) is 8.58. The first-order valence-corrected chi connectivity index (χ1v) is 10.8. The number of rotatable bonds is 4. The van der Waals surface area contributed by atoms with Gasteiger partial charge in [0.05, 0.1) is 5.56 Å². The zero-order chi connectivity index (χ0) is 21.1. The minimum Gasteiger partial charge on any atom is -0.454 e. The van der Waals surface area contributed by atoms with E-state index < -0.39 is 0 Å². The van der Waals surface area contributed by atoms with Gasteiger partial charge in [-0.2, -0.15) is 0 Å². The SMILES string of the molecule is CC(C)CNC(=O)CC1CN(C2=Nc3cc(Cl)ccc3Oc3ccccc32)CCN1. The first-order valence-electron chi connectivity index (χ1n) is 10.4. The molecule has 0 aliphatic carbocycles. The standard InChI is InChI=1S/C23H27ClN4O2/c1-15(2)13-26-22(29)12-17-14-28(10-9-25-17)23-18-5-3-4-6-20(18)30-21-8-7-16(24)11-19(21)27-23/h3-8,11,15,17,25H,9-10,12-14H2,1-2H3,(H,26,29). The third-order valence-corrected chi connectivity index (χ3v) is 5.42. The van der Waals surface area contributed by atoms with Crippen molar-refractivity contribution in [2.45, 2.75) is 26.3 Å². The van der Waals surface area contributed by atoms with Crippen LogP contribution < -0.4 is 15.4 Å². The van der Waals surface area contributed by atoms with Gasteiger partial charge in [-0.05, 0) is 36.2 Å². The highest BCUT2D eigenvalue weighted by molar-refractivity contribution is 6.31. The highest BCUT2D eigenvalue weighted by Gasteiger charge is 2.28. The number of nitrogens with zero attached hydrogens (tertiary/aromatic N) is 2. The number of amidine groups is 1. The lowest BCUT2D eigenvalue weighted by Gasteiger charge is -2.35. The lowest BCUT2D eigenvalue weighted by Crippen LogP contribution is -2.54. The molecule has 1 unspecified atom stereocenters. The molecule has 7 heteroatoms. The topological polar surface area (TPSA) is 66.0 Å². The molecule has 6 nitrogen and oxygen atoms in total. The average Bonchev–Trinajstić information content (AvgIpc) is 2.89. The number of piperazine rings is 1. The molecule has 2 aromatic carbocycles. The number of hydrogen-bond acceptors (Lipinski definition) is 5. The van der Waals surface area contributed by atoms with Crippen molar-refractivity contribution >= 4 is 29.0 Å². The lowest BCUT2D eigenvalue weighted by molar-refractivity contribution is -0.121. The van der Waals surface area contributed by atoms with E-state index in [1.54, 1.807) is 6.07 Å². The van der Waals surface area contributed by atoms with Gasteiger partial charge >= 0.3 is 0 Å². The number of benzene rings is 2. The maximum Gasteiger partial charge on any atom is 0.221 e. The molecule has 1 amide bonds. The highest BCUT2D eigenvalue weighted by Crippen LogP contribution is 2.39. The molecule has 0 bridgehead atoms. The van der Waals surface area contributed by atoms with Crippen molar-refractivity contribution in [3.05, 3.63) is 53.1 Å². The summed E-state index contributed by atoms with van der Waals surface area (Å²) < 4.78 is 6.14. The molecule has 30 heavy (non-hydrogen) atoms. The molecule has 2 aromatic rings. The fourth-order valence-electron chi connectivity index (χ4n) is 3.71. The number of nitrogens with one attached hydrogen (secondary N) is 2. The van der Waals surface area contributed by atoms with E-state index in [0.717, 1.165) is 30.2 Å². The number of aliphatic imine (C=N–C) groups is 1. The quantitative estimate of drug-likeness (QED) is 0.776. The summed E-state index contributed by atoms with van der Waals surface area (Å²) in [6, 6.07) is 13.4. The van der Waals surface area contributed by atoms with Crippen LogP contribution in [-0.4, -0.2) is 48.9 Å². The maximum absolute atomic E-state index is 12.3. The molecule has 1 fully saturated rings. The van der Waals surface area contributed by atoms with Gasteiger partial charge in [0.15, 0.2) is 5.75 Å². The summed E-state index contributed by atoms with van der Waals surface area (Å²) in [7, 11) is 0. The number of carbonyl (C=O) groups excluding carboxylic acids is 1. The largest absolute Gasteiger partial charge is 0.454 e. The van der Waals surface area contributed by atoms with Crippen LogP contribution in [-0.2, 0) is 4.79 Å². The van der Waals surface area contributed by atoms with Crippen LogP contribution >= 0.6 is 11.6 Å². The molecule has 2 aliphatic rings. The molecule has 2 N–H and O–H groups in total. The van der Waals surface area contributed by atoms with Gasteiger partial charge in [0.2, 0.25) is 5.91 Å². The number of ether oxygens (including phenoxy) is 1. The van der Waals surface area contributed by atoms with Crippen LogP contribution in [0.5, 0.6) is 11.5 Å². The minimum atomic E-state index is 0.0591. The van der Waals surface area contributed by atoms with Gasteiger partial charge < -0.3 is 20.3 Å². The molecule has 1 saturated heterocycles. The molecule has 4 rings (SSSR count). The smallest absolute Gasteiger partial charge is 0.221 e. The van der Waals surface area contributed by atoms with Crippen LogP contribution in [0.4, 0.5) is 5.69 Å². The number of para-hydroxylation sites is 1. The summed E-state index contributed by atoms with van der Waals surface area (Å²) >= 11 is 6.21. The van der Waals surface area contributed by atoms with Gasteiger partial charge in [-0.3, -0.25) is 4.79 Å². The number of amides is 1. The van der Waals surface area contributed by atoms with Crippen molar-refractivity contribution in [2.75, 3.05) is 26.2 Å². The van der Waals surface area contributed by atoms with E-state index in [0.29, 0.717) is 41.9 Å². The van der Waals surface area contributed by atoms with Crippen LogP contribution in [0.2, 0.25) is 5.02 Å². The zero-order valence-electron chi connectivity index (χ0n) is 17.3. The second kappa shape index (κ2) is 9.06. The monoisotopic (exact) mass is 426 g/mol. The van der Waals surface area contributed by atoms with Crippen molar-refractivity contribution in [3.63, 3.8) is 0 Å². The molecular formula is C23H27ClN4O2. The Hall–Kier alpha value is -2.57. The molecule has 0 radical (unpaired) electrons. The van der Waals surface area contributed by atoms with E-state index in [2.05, 4.69) is 29.4 Å². The molecule has 2 heterocycles. The van der Waals surface area contributed by atoms with Gasteiger partial charge in [0, 0.05) is 43.7 Å². The highest BCUT2D eigenvalue weighted by atomic mass is 35.5. The Morgan fingerprint density at radius 1 is 1.30 bits per heavy atom. The van der Waals surface area contributed by atoms with Gasteiger partial charge in [0.25, 0.3) is 0 Å². The molecule has 158 valence electrons. The van der Waals surface area contributed by atoms with Crippen molar-refractivity contribution in [1.29, 1.82) is 0 Å². The van der Waals surface area contributed by atoms with Gasteiger partial charge in [0.1, 0.15) is 17.3 Å². The third-order valence-electron chi connectivity index (χ3n) is 5.19. The van der Waals surface area contributed by atoms with Crippen molar-refractivity contribution in [1.82, 2.24) is 15.5 Å². The number of carbonyl (C=O) groups is 1. The van der Waals surface area contributed by atoms with E-state index in [1.165, 1.54) is 0 Å². The zero-order valence-corrected chi connectivity index (χ0v) is 18.1. The molecule has 2 aliphatic heterocycles. The van der Waals surface area contributed by atoms with E-state index in [4.69, 9.17) is 21.3 Å². The van der Waals surface area contributed by atoms with Crippen LogP contribution in [0.25, 0.3) is 0 Å². The second-order valence-electron chi connectivity index (χ2n) is 8.14. The average molecular weight is 427 g/mol. The molecule has 1 atom stereocenters. The van der Waals surface area contributed by atoms with E-state index in [1.807, 2.05) is 36.4 Å². The fraction of sp³-hybridized carbons (Fsp3) is 0.391. The Kier molecular flexibility index (Phi) is 6.25. The third kappa shape index (κ3) is 4.77. The van der Waals surface area contributed by atoms with E-state index in [9.17, 15) is 4.79 Å². The summed E-state index contributed by atoms with van der Waals surface area (Å²) in [6.07, 6.45) is 0.442. The lowest BCUT2D eigenvalue weighted by atomic mass is 10.1. The Morgan fingerprint density at radius 3 is 2.97 bits per heavy atom. The Morgan fingerprint density at radius 2 is 2.13 bits per heavy atom. The Balaban J connectivity index is 1.59.